The Kier molecular flexibility index (Phi) is 8.50. The van der Waals surface area contributed by atoms with Crippen LogP contribution < -0.4 is 0 Å². The maximum absolute atomic E-state index is 2.49. The Balaban J connectivity index is 0.000000861. The first-order valence-corrected chi connectivity index (χ1v) is 8.96. The fraction of sp³-hybridized carbons (Fsp3) is 0.895. The van der Waals surface area contributed by atoms with Crippen LogP contribution in [0.5, 0.6) is 0 Å². The summed E-state index contributed by atoms with van der Waals surface area (Å²) in [6.07, 6.45) is 18.1. The molecule has 2 aliphatic rings. The van der Waals surface area contributed by atoms with Crippen molar-refractivity contribution in [1.29, 1.82) is 0 Å². The van der Waals surface area contributed by atoms with E-state index in [1.54, 1.807) is 0 Å². The molecule has 112 valence electrons. The van der Waals surface area contributed by atoms with E-state index in [-0.39, 0.29) is 0 Å². The highest BCUT2D eigenvalue weighted by atomic mass is 14.3. The van der Waals surface area contributed by atoms with Crippen LogP contribution in [0.1, 0.15) is 85.5 Å². The molecule has 0 aromatic rings. The second-order valence-corrected chi connectivity index (χ2v) is 6.53. The van der Waals surface area contributed by atoms with Gasteiger partial charge in [0.2, 0.25) is 0 Å². The number of hydrogen-bond acceptors (Lipinski definition) is 0. The highest BCUT2D eigenvalue weighted by Crippen LogP contribution is 2.41. The average molecular weight is 264 g/mol. The molecule has 2 aliphatic carbocycles. The van der Waals surface area contributed by atoms with E-state index >= 15 is 0 Å². The van der Waals surface area contributed by atoms with Gasteiger partial charge in [0.1, 0.15) is 0 Å². The molecule has 0 aliphatic heterocycles. The molecule has 19 heavy (non-hydrogen) atoms. The van der Waals surface area contributed by atoms with Crippen LogP contribution in [0.2, 0.25) is 0 Å². The van der Waals surface area contributed by atoms with Crippen LogP contribution in [-0.2, 0) is 0 Å². The normalized spacial score (nSPS) is 35.8. The molecule has 0 N–H and O–H groups in total. The molecule has 0 saturated heterocycles. The minimum atomic E-state index is 0.911. The van der Waals surface area contributed by atoms with Crippen LogP contribution in [0, 0.1) is 23.7 Å². The van der Waals surface area contributed by atoms with Gasteiger partial charge in [0.15, 0.2) is 0 Å². The highest BCUT2D eigenvalue weighted by molar-refractivity contribution is 4.91. The van der Waals surface area contributed by atoms with E-state index in [0.29, 0.717) is 0 Å². The molecular weight excluding hydrogens is 228 g/mol. The first kappa shape index (κ1) is 16.8. The van der Waals surface area contributed by atoms with Gasteiger partial charge in [0.25, 0.3) is 0 Å². The summed E-state index contributed by atoms with van der Waals surface area (Å²) in [4.78, 5) is 0. The summed E-state index contributed by atoms with van der Waals surface area (Å²) in [5, 5.41) is 0. The number of rotatable bonds is 3. The molecule has 0 heteroatoms. The molecule has 0 unspecified atom stereocenters. The number of hydrogen-bond donors (Lipinski definition) is 0. The van der Waals surface area contributed by atoms with Crippen molar-refractivity contribution >= 4 is 0 Å². The topological polar surface area (TPSA) is 0 Å². The van der Waals surface area contributed by atoms with Gasteiger partial charge in [0.05, 0.1) is 0 Å². The molecular formula is C19H36. The van der Waals surface area contributed by atoms with Crippen molar-refractivity contribution < 1.29 is 0 Å². The SMILES string of the molecule is CC.CCC=CC1CCC(C2CCC(C)CC2)CC1. The molecule has 0 amide bonds. The summed E-state index contributed by atoms with van der Waals surface area (Å²) in [6, 6.07) is 0. The monoisotopic (exact) mass is 264 g/mol. The summed E-state index contributed by atoms with van der Waals surface area (Å²) in [5.41, 5.74) is 0. The second-order valence-electron chi connectivity index (χ2n) is 6.53. The molecule has 0 heterocycles. The van der Waals surface area contributed by atoms with Gasteiger partial charge < -0.3 is 0 Å². The molecule has 0 nitrogen and oxygen atoms in total. The van der Waals surface area contributed by atoms with E-state index in [2.05, 4.69) is 26.0 Å². The maximum atomic E-state index is 2.49. The van der Waals surface area contributed by atoms with Crippen molar-refractivity contribution in [2.24, 2.45) is 23.7 Å². The van der Waals surface area contributed by atoms with Crippen molar-refractivity contribution in [3.8, 4) is 0 Å². The van der Waals surface area contributed by atoms with Gasteiger partial charge in [-0.05, 0) is 68.6 Å². The van der Waals surface area contributed by atoms with Crippen LogP contribution in [0.25, 0.3) is 0 Å². The molecule has 0 atom stereocenters. The molecule has 0 spiro atoms. The summed E-state index contributed by atoms with van der Waals surface area (Å²) >= 11 is 0. The molecule has 2 fully saturated rings. The van der Waals surface area contributed by atoms with Crippen LogP contribution in [0.3, 0.4) is 0 Å². The minimum Gasteiger partial charge on any atom is -0.0885 e. The van der Waals surface area contributed by atoms with Crippen molar-refractivity contribution in [3.05, 3.63) is 12.2 Å². The van der Waals surface area contributed by atoms with Crippen LogP contribution in [-0.4, -0.2) is 0 Å². The lowest BCUT2D eigenvalue weighted by Crippen LogP contribution is -2.24. The third-order valence-corrected chi connectivity index (χ3v) is 5.19. The van der Waals surface area contributed by atoms with E-state index in [4.69, 9.17) is 0 Å². The summed E-state index contributed by atoms with van der Waals surface area (Å²) < 4.78 is 0. The summed E-state index contributed by atoms with van der Waals surface area (Å²) in [7, 11) is 0. The van der Waals surface area contributed by atoms with Gasteiger partial charge in [-0.15, -0.1) is 0 Å². The predicted molar refractivity (Wildman–Crippen MR) is 87.3 cm³/mol. The zero-order valence-electron chi connectivity index (χ0n) is 13.8. The predicted octanol–water partition coefficient (Wildman–Crippen LogP) is 6.61. The summed E-state index contributed by atoms with van der Waals surface area (Å²) in [5.74, 6) is 4.08. The third kappa shape index (κ3) is 5.71. The molecule has 0 radical (unpaired) electrons. The Bertz CT molecular complexity index is 224. The first-order valence-electron chi connectivity index (χ1n) is 8.96. The Morgan fingerprint density at radius 1 is 0.789 bits per heavy atom. The Morgan fingerprint density at radius 3 is 1.74 bits per heavy atom. The lowest BCUT2D eigenvalue weighted by atomic mass is 9.69. The van der Waals surface area contributed by atoms with Gasteiger partial charge >= 0.3 is 0 Å². The molecule has 0 aromatic heterocycles. The maximum Gasteiger partial charge on any atom is -0.0233 e. The Labute approximate surface area is 122 Å². The van der Waals surface area contributed by atoms with E-state index in [1.807, 2.05) is 13.8 Å². The second kappa shape index (κ2) is 9.61. The Morgan fingerprint density at radius 2 is 1.26 bits per heavy atom. The van der Waals surface area contributed by atoms with Crippen LogP contribution >= 0.6 is 0 Å². The third-order valence-electron chi connectivity index (χ3n) is 5.19. The minimum absolute atomic E-state index is 0.911. The average Bonchev–Trinajstić information content (AvgIpc) is 2.49. The van der Waals surface area contributed by atoms with Gasteiger partial charge in [0, 0.05) is 0 Å². The van der Waals surface area contributed by atoms with Crippen molar-refractivity contribution in [2.75, 3.05) is 0 Å². The molecule has 0 bridgehead atoms. The van der Waals surface area contributed by atoms with Crippen LogP contribution in [0.15, 0.2) is 12.2 Å². The molecule has 2 rings (SSSR count). The lowest BCUT2D eigenvalue weighted by molar-refractivity contribution is 0.160. The van der Waals surface area contributed by atoms with Crippen LogP contribution in [0.4, 0.5) is 0 Å². The van der Waals surface area contributed by atoms with E-state index in [0.717, 1.165) is 23.7 Å². The van der Waals surface area contributed by atoms with Gasteiger partial charge in [-0.1, -0.05) is 52.7 Å². The van der Waals surface area contributed by atoms with Crippen molar-refractivity contribution in [1.82, 2.24) is 0 Å². The smallest absolute Gasteiger partial charge is 0.0233 e. The highest BCUT2D eigenvalue weighted by Gasteiger charge is 2.29. The standard InChI is InChI=1S/C17H30.C2H6/c1-3-4-5-15-8-12-17(13-9-15)16-10-6-14(2)7-11-16;1-2/h4-5,14-17H,3,6-13H2,1-2H3;1-2H3. The van der Waals surface area contributed by atoms with E-state index in [9.17, 15) is 0 Å². The zero-order chi connectivity index (χ0) is 14.1. The first-order chi connectivity index (χ1) is 9.29. The largest absolute Gasteiger partial charge is 0.0885 e. The zero-order valence-corrected chi connectivity index (χ0v) is 13.8. The van der Waals surface area contributed by atoms with E-state index < -0.39 is 0 Å². The fourth-order valence-electron chi connectivity index (χ4n) is 3.89. The fourth-order valence-corrected chi connectivity index (χ4v) is 3.89. The summed E-state index contributed by atoms with van der Waals surface area (Å²) in [6.45, 7) is 8.67. The van der Waals surface area contributed by atoms with Gasteiger partial charge in [-0.3, -0.25) is 0 Å². The molecule has 0 aromatic carbocycles. The Hall–Kier alpha value is -0.260. The van der Waals surface area contributed by atoms with Crippen molar-refractivity contribution in [3.63, 3.8) is 0 Å². The van der Waals surface area contributed by atoms with Gasteiger partial charge in [-0.25, -0.2) is 0 Å². The lowest BCUT2D eigenvalue weighted by Gasteiger charge is -2.36. The van der Waals surface area contributed by atoms with Gasteiger partial charge in [-0.2, -0.15) is 0 Å². The van der Waals surface area contributed by atoms with Crippen molar-refractivity contribution in [2.45, 2.75) is 85.5 Å². The van der Waals surface area contributed by atoms with E-state index in [1.165, 1.54) is 57.8 Å². The number of allylic oxidation sites excluding steroid dienone is 2. The molecule has 2 saturated carbocycles. The quantitative estimate of drug-likeness (QED) is 0.503.